The van der Waals surface area contributed by atoms with Gasteiger partial charge in [0.25, 0.3) is 0 Å². The van der Waals surface area contributed by atoms with Crippen LogP contribution in [0.3, 0.4) is 0 Å². The van der Waals surface area contributed by atoms with Crippen LogP contribution in [-0.4, -0.2) is 47.8 Å². The van der Waals surface area contributed by atoms with Crippen molar-refractivity contribution < 1.29 is 22.8 Å². The molecular weight excluding hydrogens is 216 g/mol. The maximum Gasteiger partial charge on any atom is 0.534 e. The molecule has 0 amide bonds. The van der Waals surface area contributed by atoms with Gasteiger partial charge >= 0.3 is 8.80 Å². The van der Waals surface area contributed by atoms with Crippen molar-refractivity contribution in [1.82, 2.24) is 0 Å². The number of hydrogen-bond acceptors (Lipinski definition) is 5. The minimum absolute atomic E-state index is 0.183. The van der Waals surface area contributed by atoms with E-state index < -0.39 is 8.80 Å². The fourth-order valence-corrected chi connectivity index (χ4v) is 4.15. The maximum absolute atomic E-state index is 5.68. The minimum Gasteiger partial charge on any atom is -0.372 e. The van der Waals surface area contributed by atoms with Crippen molar-refractivity contribution >= 4 is 8.80 Å². The van der Waals surface area contributed by atoms with Crippen LogP contribution >= 0.6 is 0 Å². The van der Waals surface area contributed by atoms with Crippen LogP contribution < -0.4 is 0 Å². The van der Waals surface area contributed by atoms with Gasteiger partial charge in [0, 0.05) is 19.8 Å². The Balaban J connectivity index is 2.68. The van der Waals surface area contributed by atoms with Crippen molar-refractivity contribution in [2.45, 2.75) is 26.5 Å². The van der Waals surface area contributed by atoms with E-state index in [2.05, 4.69) is 0 Å². The summed E-state index contributed by atoms with van der Waals surface area (Å²) >= 11 is 0. The molecule has 1 aliphatic heterocycles. The van der Waals surface area contributed by atoms with Gasteiger partial charge in [-0.05, 0) is 20.8 Å². The maximum atomic E-state index is 5.68. The van der Waals surface area contributed by atoms with Gasteiger partial charge in [-0.25, -0.2) is 0 Å². The van der Waals surface area contributed by atoms with Gasteiger partial charge in [0.2, 0.25) is 0 Å². The third kappa shape index (κ3) is 3.23. The van der Waals surface area contributed by atoms with Gasteiger partial charge in [-0.2, -0.15) is 0 Å². The monoisotopic (exact) mass is 236 g/mol. The minimum atomic E-state index is -2.71. The molecule has 0 bridgehead atoms. The van der Waals surface area contributed by atoms with Crippen LogP contribution in [0.2, 0.25) is 0 Å². The lowest BCUT2D eigenvalue weighted by molar-refractivity contribution is 0.00437. The van der Waals surface area contributed by atoms with Crippen LogP contribution in [0.15, 0.2) is 0 Å². The van der Waals surface area contributed by atoms with Crippen molar-refractivity contribution in [2.75, 3.05) is 33.2 Å². The van der Waals surface area contributed by atoms with E-state index in [4.69, 9.17) is 22.8 Å². The second kappa shape index (κ2) is 6.57. The highest BCUT2D eigenvalue weighted by molar-refractivity contribution is 6.62. The quantitative estimate of drug-likeness (QED) is 0.616. The molecule has 90 valence electrons. The first kappa shape index (κ1) is 13.1. The second-order valence-electron chi connectivity index (χ2n) is 3.05. The Hall–Kier alpha value is 0.0169. The zero-order chi connectivity index (χ0) is 11.1. The first-order chi connectivity index (χ1) is 7.29. The topological polar surface area (TPSA) is 46.2 Å². The average molecular weight is 236 g/mol. The van der Waals surface area contributed by atoms with Crippen molar-refractivity contribution in [1.29, 1.82) is 0 Å². The zero-order valence-electron chi connectivity index (χ0n) is 9.65. The van der Waals surface area contributed by atoms with Crippen LogP contribution in [0.25, 0.3) is 0 Å². The SMILES string of the molecule is CCO[Si](OCC)(OCC)C1COCO1. The smallest absolute Gasteiger partial charge is 0.372 e. The molecule has 0 aromatic rings. The van der Waals surface area contributed by atoms with Crippen LogP contribution in [-0.2, 0) is 22.8 Å². The van der Waals surface area contributed by atoms with E-state index in [1.807, 2.05) is 20.8 Å². The summed E-state index contributed by atoms with van der Waals surface area (Å²) in [6.07, 6.45) is 0. The highest BCUT2D eigenvalue weighted by Gasteiger charge is 2.52. The highest BCUT2D eigenvalue weighted by atomic mass is 28.4. The summed E-state index contributed by atoms with van der Waals surface area (Å²) in [4.78, 5) is 0. The van der Waals surface area contributed by atoms with E-state index in [0.29, 0.717) is 33.2 Å². The third-order valence-corrected chi connectivity index (χ3v) is 5.25. The molecule has 0 N–H and O–H groups in total. The Morgan fingerprint density at radius 2 is 1.60 bits per heavy atom. The lowest BCUT2D eigenvalue weighted by Gasteiger charge is -2.31. The Labute approximate surface area is 92.0 Å². The first-order valence-corrected chi connectivity index (χ1v) is 7.20. The van der Waals surface area contributed by atoms with Crippen LogP contribution in [0.5, 0.6) is 0 Å². The van der Waals surface area contributed by atoms with Gasteiger partial charge < -0.3 is 22.8 Å². The standard InChI is InChI=1S/C9H20O5Si/c1-4-12-15(13-5-2,14-6-3)9-7-10-8-11-9/h9H,4-8H2,1-3H3. The predicted octanol–water partition coefficient (Wildman–Crippen LogP) is 0.947. The summed E-state index contributed by atoms with van der Waals surface area (Å²) in [5, 5.41) is 0. The van der Waals surface area contributed by atoms with E-state index in [-0.39, 0.29) is 5.73 Å². The molecule has 1 atom stereocenters. The van der Waals surface area contributed by atoms with Crippen molar-refractivity contribution in [2.24, 2.45) is 0 Å². The lowest BCUT2D eigenvalue weighted by Crippen LogP contribution is -2.57. The van der Waals surface area contributed by atoms with Gasteiger partial charge in [-0.15, -0.1) is 0 Å². The van der Waals surface area contributed by atoms with Gasteiger partial charge in [0.15, 0.2) is 5.73 Å². The Morgan fingerprint density at radius 1 is 1.07 bits per heavy atom. The van der Waals surface area contributed by atoms with E-state index in [1.54, 1.807) is 0 Å². The summed E-state index contributed by atoms with van der Waals surface area (Å²) in [6, 6.07) is 0. The Kier molecular flexibility index (Phi) is 5.73. The molecule has 6 heteroatoms. The van der Waals surface area contributed by atoms with Crippen LogP contribution in [0.4, 0.5) is 0 Å². The number of rotatable bonds is 7. The van der Waals surface area contributed by atoms with Crippen LogP contribution in [0.1, 0.15) is 20.8 Å². The normalized spacial score (nSPS) is 22.2. The summed E-state index contributed by atoms with van der Waals surface area (Å²) in [6.45, 7) is 8.25. The molecule has 15 heavy (non-hydrogen) atoms. The molecule has 1 rings (SSSR count). The number of hydrogen-bond donors (Lipinski definition) is 0. The first-order valence-electron chi connectivity index (χ1n) is 5.40. The third-order valence-electron chi connectivity index (χ3n) is 2.05. The molecular formula is C9H20O5Si. The molecule has 0 radical (unpaired) electrons. The molecule has 1 heterocycles. The fraction of sp³-hybridized carbons (Fsp3) is 1.00. The lowest BCUT2D eigenvalue weighted by atomic mass is 10.8. The Morgan fingerprint density at radius 3 is 1.93 bits per heavy atom. The fourth-order valence-electron chi connectivity index (χ4n) is 1.55. The van der Waals surface area contributed by atoms with Gasteiger partial charge in [-0.3, -0.25) is 0 Å². The molecule has 5 nitrogen and oxygen atoms in total. The second-order valence-corrected chi connectivity index (χ2v) is 5.76. The van der Waals surface area contributed by atoms with Crippen molar-refractivity contribution in [3.63, 3.8) is 0 Å². The van der Waals surface area contributed by atoms with E-state index in [0.717, 1.165) is 0 Å². The largest absolute Gasteiger partial charge is 0.534 e. The van der Waals surface area contributed by atoms with Crippen molar-refractivity contribution in [3.8, 4) is 0 Å². The molecule has 1 aliphatic rings. The van der Waals surface area contributed by atoms with Gasteiger partial charge in [0.05, 0.1) is 6.61 Å². The summed E-state index contributed by atoms with van der Waals surface area (Å²) in [5.41, 5.74) is -0.183. The highest BCUT2D eigenvalue weighted by Crippen LogP contribution is 2.21. The van der Waals surface area contributed by atoms with Gasteiger partial charge in [-0.1, -0.05) is 0 Å². The molecule has 1 unspecified atom stereocenters. The van der Waals surface area contributed by atoms with Gasteiger partial charge in [0.1, 0.15) is 6.79 Å². The molecule has 1 saturated heterocycles. The molecule has 1 fully saturated rings. The zero-order valence-corrected chi connectivity index (χ0v) is 10.7. The molecule has 0 aromatic heterocycles. The molecule has 0 saturated carbocycles. The van der Waals surface area contributed by atoms with Crippen LogP contribution in [0, 0.1) is 0 Å². The molecule has 0 aliphatic carbocycles. The summed E-state index contributed by atoms with van der Waals surface area (Å²) in [5.74, 6) is 0. The molecule has 0 aromatic carbocycles. The molecule has 0 spiro atoms. The van der Waals surface area contributed by atoms with E-state index in [1.165, 1.54) is 0 Å². The Bertz CT molecular complexity index is 155. The predicted molar refractivity (Wildman–Crippen MR) is 56.3 cm³/mol. The van der Waals surface area contributed by atoms with Crippen molar-refractivity contribution in [3.05, 3.63) is 0 Å². The number of ether oxygens (including phenoxy) is 2. The van der Waals surface area contributed by atoms with E-state index in [9.17, 15) is 0 Å². The van der Waals surface area contributed by atoms with E-state index >= 15 is 0 Å². The summed E-state index contributed by atoms with van der Waals surface area (Å²) < 4.78 is 27.7. The average Bonchev–Trinajstić information content (AvgIpc) is 2.72. The summed E-state index contributed by atoms with van der Waals surface area (Å²) in [7, 11) is -2.71.